The maximum Gasteiger partial charge on any atom is 0.416 e. The van der Waals surface area contributed by atoms with Gasteiger partial charge >= 0.3 is 12.2 Å². The topological polar surface area (TPSA) is 136 Å². The summed E-state index contributed by atoms with van der Waals surface area (Å²) in [5.74, 6) is -0.977. The van der Waals surface area contributed by atoms with E-state index in [2.05, 4.69) is 10.6 Å². The van der Waals surface area contributed by atoms with Gasteiger partial charge in [-0.1, -0.05) is 12.1 Å². The normalized spacial score (nSPS) is 15.5. The van der Waals surface area contributed by atoms with E-state index in [0.29, 0.717) is 67.8 Å². The molecule has 2 aliphatic heterocycles. The number of alkyl halides is 3. The maximum absolute atomic E-state index is 13.5. The number of anilines is 3. The molecule has 0 atom stereocenters. The highest BCUT2D eigenvalue weighted by Gasteiger charge is 2.53. The van der Waals surface area contributed by atoms with Gasteiger partial charge in [0.05, 0.1) is 62.0 Å². The second kappa shape index (κ2) is 15.3. The summed E-state index contributed by atoms with van der Waals surface area (Å²) >= 11 is 0. The van der Waals surface area contributed by atoms with Crippen LogP contribution in [0.5, 0.6) is 5.75 Å². The summed E-state index contributed by atoms with van der Waals surface area (Å²) in [4.78, 5) is 52.4. The summed E-state index contributed by atoms with van der Waals surface area (Å²) in [5, 5.41) is 5.38. The number of imide groups is 2. The van der Waals surface area contributed by atoms with Gasteiger partial charge in [-0.25, -0.2) is 9.69 Å². The smallest absolute Gasteiger partial charge is 0.416 e. The number of fused-ring (bicyclic) bond motifs is 1. The molecule has 2 N–H and O–H groups in total. The fourth-order valence-electron chi connectivity index (χ4n) is 5.59. The number of carbonyl (C=O) groups is 4. The number of rotatable bonds is 16. The molecular formula is C35H37F3N4O8. The van der Waals surface area contributed by atoms with E-state index in [1.54, 1.807) is 42.5 Å². The van der Waals surface area contributed by atoms with Crippen LogP contribution in [0.15, 0.2) is 60.7 Å². The van der Waals surface area contributed by atoms with Crippen molar-refractivity contribution in [3.63, 3.8) is 0 Å². The zero-order chi connectivity index (χ0) is 36.1. The monoisotopic (exact) mass is 698 g/mol. The maximum atomic E-state index is 13.5. The summed E-state index contributed by atoms with van der Waals surface area (Å²) in [7, 11) is 0. The van der Waals surface area contributed by atoms with Crippen molar-refractivity contribution in [2.75, 3.05) is 67.9 Å². The molecule has 12 nitrogen and oxygen atoms in total. The Balaban J connectivity index is 0.973. The van der Waals surface area contributed by atoms with Crippen molar-refractivity contribution in [2.45, 2.75) is 32.5 Å². The minimum atomic E-state index is -4.63. The minimum Gasteiger partial charge on any atom is -0.491 e. The Labute approximate surface area is 286 Å². The number of hydrogen-bond donors (Lipinski definition) is 2. The molecule has 3 aromatic rings. The zero-order valence-electron chi connectivity index (χ0n) is 27.7. The lowest BCUT2D eigenvalue weighted by Crippen LogP contribution is -2.44. The first-order valence-electron chi connectivity index (χ1n) is 15.9. The van der Waals surface area contributed by atoms with Gasteiger partial charge in [-0.05, 0) is 74.9 Å². The highest BCUT2D eigenvalue weighted by atomic mass is 19.4. The molecule has 5 amide bonds. The van der Waals surface area contributed by atoms with Crippen LogP contribution in [0.4, 0.5) is 35.0 Å². The van der Waals surface area contributed by atoms with Crippen LogP contribution in [0, 0.1) is 6.92 Å². The third-order valence-corrected chi connectivity index (χ3v) is 8.11. The van der Waals surface area contributed by atoms with Gasteiger partial charge in [-0.15, -0.1) is 0 Å². The minimum absolute atomic E-state index is 0.0130. The standard InChI is InChI=1S/C35H37F3N4O8/c1-22-7-8-24(21-27(22)35(36,37)38)41-32(45)34(2,3)42(33(41)46)23-9-11-25(12-10-23)50-20-19-49-18-17-48-16-15-47-14-13-39-28-6-4-5-26-29(28)31(44)40-30(26)43/h4-12,21,39H,13-20H2,1-3H3,(H,40,43,44). The zero-order valence-corrected chi connectivity index (χ0v) is 27.7. The lowest BCUT2D eigenvalue weighted by Gasteiger charge is -2.27. The van der Waals surface area contributed by atoms with E-state index in [1.807, 2.05) is 0 Å². The van der Waals surface area contributed by atoms with Crippen molar-refractivity contribution in [1.82, 2.24) is 5.32 Å². The molecule has 5 rings (SSSR count). The Hall–Kier alpha value is -4.99. The first-order chi connectivity index (χ1) is 23.8. The Bertz CT molecular complexity index is 1750. The highest BCUT2D eigenvalue weighted by molar-refractivity contribution is 6.30. The number of benzene rings is 3. The molecule has 0 aliphatic carbocycles. The molecule has 1 fully saturated rings. The van der Waals surface area contributed by atoms with Crippen LogP contribution in [0.3, 0.4) is 0 Å². The first kappa shape index (κ1) is 36.3. The molecule has 2 aliphatic rings. The third-order valence-electron chi connectivity index (χ3n) is 8.11. The summed E-state index contributed by atoms with van der Waals surface area (Å²) in [6.07, 6.45) is -4.63. The first-order valence-corrected chi connectivity index (χ1v) is 15.9. The summed E-state index contributed by atoms with van der Waals surface area (Å²) in [5.41, 5.74) is -0.786. The van der Waals surface area contributed by atoms with E-state index < -0.39 is 41.0 Å². The molecule has 50 heavy (non-hydrogen) atoms. The van der Waals surface area contributed by atoms with Gasteiger partial charge in [0.2, 0.25) is 0 Å². The quantitative estimate of drug-likeness (QED) is 0.118. The lowest BCUT2D eigenvalue weighted by molar-refractivity contribution is -0.138. The second-order valence-electron chi connectivity index (χ2n) is 11.9. The van der Waals surface area contributed by atoms with Gasteiger partial charge in [0.15, 0.2) is 0 Å². The van der Waals surface area contributed by atoms with E-state index in [-0.39, 0.29) is 24.5 Å². The molecule has 3 aromatic carbocycles. The van der Waals surface area contributed by atoms with E-state index in [9.17, 15) is 32.3 Å². The molecule has 0 radical (unpaired) electrons. The van der Waals surface area contributed by atoms with Crippen molar-refractivity contribution in [1.29, 1.82) is 0 Å². The Morgan fingerprint density at radius 1 is 0.780 bits per heavy atom. The molecule has 1 saturated heterocycles. The van der Waals surface area contributed by atoms with E-state index in [0.717, 1.165) is 11.0 Å². The van der Waals surface area contributed by atoms with E-state index >= 15 is 0 Å². The van der Waals surface area contributed by atoms with Crippen LogP contribution in [0.2, 0.25) is 0 Å². The van der Waals surface area contributed by atoms with E-state index in [1.165, 1.54) is 37.8 Å². The van der Waals surface area contributed by atoms with Crippen LogP contribution in [0.25, 0.3) is 0 Å². The fraction of sp³-hybridized carbons (Fsp3) is 0.371. The Morgan fingerprint density at radius 3 is 2.06 bits per heavy atom. The predicted molar refractivity (Wildman–Crippen MR) is 177 cm³/mol. The Morgan fingerprint density at radius 2 is 1.40 bits per heavy atom. The van der Waals surface area contributed by atoms with Gasteiger partial charge in [-0.3, -0.25) is 24.6 Å². The second-order valence-corrected chi connectivity index (χ2v) is 11.9. The number of carbonyl (C=O) groups excluding carboxylic acids is 4. The number of aryl methyl sites for hydroxylation is 1. The molecule has 0 saturated carbocycles. The van der Waals surface area contributed by atoms with Gasteiger partial charge in [-0.2, -0.15) is 13.2 Å². The lowest BCUT2D eigenvalue weighted by atomic mass is 10.0. The van der Waals surface area contributed by atoms with Gasteiger partial charge in [0, 0.05) is 17.9 Å². The summed E-state index contributed by atoms with van der Waals surface area (Å²) < 4.78 is 62.8. The molecule has 0 unspecified atom stereocenters. The number of nitrogens with zero attached hydrogens (tertiary/aromatic N) is 2. The average Bonchev–Trinajstić information content (AvgIpc) is 3.46. The van der Waals surface area contributed by atoms with Crippen LogP contribution in [-0.2, 0) is 25.2 Å². The number of urea groups is 1. The van der Waals surface area contributed by atoms with Crippen LogP contribution < -0.4 is 25.2 Å². The summed E-state index contributed by atoms with van der Waals surface area (Å²) in [6.45, 7) is 7.16. The summed E-state index contributed by atoms with van der Waals surface area (Å²) in [6, 6.07) is 14.1. The molecule has 2 heterocycles. The average molecular weight is 699 g/mol. The number of hydrogen-bond acceptors (Lipinski definition) is 9. The number of halogens is 3. The van der Waals surface area contributed by atoms with Crippen molar-refractivity contribution in [3.05, 3.63) is 82.9 Å². The van der Waals surface area contributed by atoms with Crippen molar-refractivity contribution >= 4 is 40.8 Å². The fourth-order valence-corrected chi connectivity index (χ4v) is 5.59. The molecule has 0 aromatic heterocycles. The number of ether oxygens (including phenoxy) is 4. The molecule has 266 valence electrons. The van der Waals surface area contributed by atoms with Crippen molar-refractivity contribution in [3.8, 4) is 5.75 Å². The molecule has 15 heteroatoms. The highest BCUT2D eigenvalue weighted by Crippen LogP contribution is 2.39. The van der Waals surface area contributed by atoms with Crippen molar-refractivity contribution < 1.29 is 51.3 Å². The van der Waals surface area contributed by atoms with Crippen LogP contribution in [0.1, 0.15) is 45.7 Å². The number of nitrogens with one attached hydrogen (secondary N) is 2. The van der Waals surface area contributed by atoms with Gasteiger partial charge in [0.25, 0.3) is 17.7 Å². The number of amides is 5. The molecular weight excluding hydrogens is 661 g/mol. The van der Waals surface area contributed by atoms with Crippen LogP contribution in [-0.4, -0.2) is 82.1 Å². The van der Waals surface area contributed by atoms with Crippen LogP contribution >= 0.6 is 0 Å². The SMILES string of the molecule is Cc1ccc(N2C(=O)N(c3ccc(OCCOCCOCCOCCNc4cccc5c4C(=O)NC5=O)cc3)C(C)(C)C2=O)cc1C(F)(F)F. The predicted octanol–water partition coefficient (Wildman–Crippen LogP) is 5.19. The van der Waals surface area contributed by atoms with E-state index in [4.69, 9.17) is 18.9 Å². The van der Waals surface area contributed by atoms with Crippen molar-refractivity contribution in [2.24, 2.45) is 0 Å². The molecule has 0 spiro atoms. The van der Waals surface area contributed by atoms with Gasteiger partial charge < -0.3 is 24.3 Å². The Kier molecular flexibility index (Phi) is 11.1. The third kappa shape index (κ3) is 7.90. The molecule has 0 bridgehead atoms. The van der Waals surface area contributed by atoms with Gasteiger partial charge in [0.1, 0.15) is 17.9 Å². The largest absolute Gasteiger partial charge is 0.491 e.